The van der Waals surface area contributed by atoms with Crippen LogP contribution in [0, 0.1) is 0 Å². The van der Waals surface area contributed by atoms with Gasteiger partial charge in [-0.3, -0.25) is 9.30 Å². The van der Waals surface area contributed by atoms with Crippen molar-refractivity contribution >= 4 is 11.5 Å². The molecule has 3 heterocycles. The zero-order valence-corrected chi connectivity index (χ0v) is 10.9. The standard InChI is InChI=1S/C13H16N4O3/c18-9-2-1-5-17-10(8-16-6-3-14-4-7-16)15-11(12(9)17)13(19)20/h1-2,5,14,18H,3-4,6-8H2,(H,19,20). The third-order valence-corrected chi connectivity index (χ3v) is 3.49. The molecule has 0 aliphatic carbocycles. The van der Waals surface area contributed by atoms with Crippen molar-refractivity contribution in [1.29, 1.82) is 0 Å². The number of hydrogen-bond acceptors (Lipinski definition) is 5. The Hall–Kier alpha value is -2.12. The minimum absolute atomic E-state index is 0.0658. The Morgan fingerprint density at radius 1 is 1.40 bits per heavy atom. The number of carboxylic acids is 1. The van der Waals surface area contributed by atoms with E-state index in [0.29, 0.717) is 12.4 Å². The first-order valence-corrected chi connectivity index (χ1v) is 6.52. The van der Waals surface area contributed by atoms with E-state index in [1.54, 1.807) is 16.7 Å². The second kappa shape index (κ2) is 5.10. The van der Waals surface area contributed by atoms with E-state index in [9.17, 15) is 15.0 Å². The molecular formula is C13H16N4O3. The monoisotopic (exact) mass is 276 g/mol. The predicted octanol–water partition coefficient (Wildman–Crippen LogP) is 0.143. The van der Waals surface area contributed by atoms with Gasteiger partial charge in [-0.1, -0.05) is 0 Å². The van der Waals surface area contributed by atoms with Crippen LogP contribution >= 0.6 is 0 Å². The summed E-state index contributed by atoms with van der Waals surface area (Å²) in [5.41, 5.74) is 0.151. The van der Waals surface area contributed by atoms with E-state index >= 15 is 0 Å². The van der Waals surface area contributed by atoms with Crippen LogP contribution in [0.15, 0.2) is 18.3 Å². The lowest BCUT2D eigenvalue weighted by Gasteiger charge is -2.26. The number of aromatic nitrogens is 2. The average molecular weight is 276 g/mol. The van der Waals surface area contributed by atoms with Gasteiger partial charge in [0.15, 0.2) is 5.69 Å². The molecule has 0 bridgehead atoms. The molecule has 0 radical (unpaired) electrons. The summed E-state index contributed by atoms with van der Waals surface area (Å²) in [7, 11) is 0. The largest absolute Gasteiger partial charge is 0.506 e. The molecule has 3 rings (SSSR count). The number of carbonyl (C=O) groups is 1. The molecule has 2 aromatic rings. The fraction of sp³-hybridized carbons (Fsp3) is 0.385. The van der Waals surface area contributed by atoms with Gasteiger partial charge in [-0.15, -0.1) is 0 Å². The molecule has 2 aromatic heterocycles. The van der Waals surface area contributed by atoms with Gasteiger partial charge in [-0.05, 0) is 12.1 Å². The molecule has 1 fully saturated rings. The molecule has 0 aromatic carbocycles. The summed E-state index contributed by atoms with van der Waals surface area (Å²) in [5, 5.41) is 22.4. The van der Waals surface area contributed by atoms with Gasteiger partial charge in [-0.25, -0.2) is 9.78 Å². The van der Waals surface area contributed by atoms with Crippen molar-refractivity contribution in [2.24, 2.45) is 0 Å². The molecular weight excluding hydrogens is 260 g/mol. The summed E-state index contributed by atoms with van der Waals surface area (Å²) < 4.78 is 1.65. The normalized spacial score (nSPS) is 16.6. The summed E-state index contributed by atoms with van der Waals surface area (Å²) in [5.74, 6) is -0.560. The number of pyridine rings is 1. The Morgan fingerprint density at radius 2 is 2.15 bits per heavy atom. The van der Waals surface area contributed by atoms with Crippen LogP contribution in [0.2, 0.25) is 0 Å². The topological polar surface area (TPSA) is 90.1 Å². The highest BCUT2D eigenvalue weighted by Crippen LogP contribution is 2.24. The Bertz CT molecular complexity index is 646. The zero-order chi connectivity index (χ0) is 14.1. The van der Waals surface area contributed by atoms with Crippen LogP contribution in [0.3, 0.4) is 0 Å². The third-order valence-electron chi connectivity index (χ3n) is 3.49. The third kappa shape index (κ3) is 2.21. The van der Waals surface area contributed by atoms with Gasteiger partial charge in [0.1, 0.15) is 17.1 Å². The first-order chi connectivity index (χ1) is 9.66. The lowest BCUT2D eigenvalue weighted by Crippen LogP contribution is -2.43. The predicted molar refractivity (Wildman–Crippen MR) is 72.0 cm³/mol. The van der Waals surface area contributed by atoms with Gasteiger partial charge in [0.25, 0.3) is 0 Å². The van der Waals surface area contributed by atoms with Gasteiger partial charge in [-0.2, -0.15) is 0 Å². The van der Waals surface area contributed by atoms with Gasteiger partial charge < -0.3 is 15.5 Å². The Kier molecular flexibility index (Phi) is 3.29. The van der Waals surface area contributed by atoms with E-state index in [2.05, 4.69) is 15.2 Å². The smallest absolute Gasteiger partial charge is 0.356 e. The Morgan fingerprint density at radius 3 is 2.85 bits per heavy atom. The molecule has 1 aliphatic heterocycles. The minimum atomic E-state index is -1.13. The van der Waals surface area contributed by atoms with Crippen LogP contribution in [-0.2, 0) is 6.54 Å². The Labute approximate surface area is 115 Å². The zero-order valence-electron chi connectivity index (χ0n) is 10.9. The molecule has 3 N–H and O–H groups in total. The molecule has 1 aliphatic rings. The fourth-order valence-electron chi connectivity index (χ4n) is 2.51. The van der Waals surface area contributed by atoms with Crippen molar-refractivity contribution in [2.45, 2.75) is 6.54 Å². The fourth-order valence-corrected chi connectivity index (χ4v) is 2.51. The first kappa shape index (κ1) is 12.9. The number of nitrogens with one attached hydrogen (secondary N) is 1. The molecule has 0 atom stereocenters. The van der Waals surface area contributed by atoms with Crippen molar-refractivity contribution in [1.82, 2.24) is 19.6 Å². The molecule has 7 heteroatoms. The molecule has 7 nitrogen and oxygen atoms in total. The number of hydrogen-bond donors (Lipinski definition) is 3. The maximum atomic E-state index is 11.3. The van der Waals surface area contributed by atoms with Crippen LogP contribution in [0.4, 0.5) is 0 Å². The number of nitrogens with zero attached hydrogens (tertiary/aromatic N) is 3. The van der Waals surface area contributed by atoms with Crippen molar-refractivity contribution in [2.75, 3.05) is 26.2 Å². The van der Waals surface area contributed by atoms with Crippen molar-refractivity contribution < 1.29 is 15.0 Å². The maximum Gasteiger partial charge on any atom is 0.356 e. The summed E-state index contributed by atoms with van der Waals surface area (Å²) >= 11 is 0. The van der Waals surface area contributed by atoms with Crippen LogP contribution in [0.25, 0.3) is 5.52 Å². The number of rotatable bonds is 3. The second-order valence-corrected chi connectivity index (χ2v) is 4.82. The lowest BCUT2D eigenvalue weighted by molar-refractivity contribution is 0.0692. The number of imidazole rings is 1. The van der Waals surface area contributed by atoms with E-state index < -0.39 is 5.97 Å². The molecule has 0 unspecified atom stereocenters. The molecule has 0 amide bonds. The number of aromatic carboxylic acids is 1. The highest BCUT2D eigenvalue weighted by atomic mass is 16.4. The highest BCUT2D eigenvalue weighted by molar-refractivity contribution is 5.95. The SMILES string of the molecule is O=C(O)c1nc(CN2CCNCC2)n2cccc(O)c12. The maximum absolute atomic E-state index is 11.3. The van der Waals surface area contributed by atoms with Gasteiger partial charge in [0.2, 0.25) is 0 Å². The summed E-state index contributed by atoms with van der Waals surface area (Å²) in [4.78, 5) is 17.7. The van der Waals surface area contributed by atoms with E-state index in [4.69, 9.17) is 0 Å². The van der Waals surface area contributed by atoms with E-state index in [0.717, 1.165) is 26.2 Å². The van der Waals surface area contributed by atoms with Gasteiger partial charge >= 0.3 is 5.97 Å². The van der Waals surface area contributed by atoms with Crippen molar-refractivity contribution in [3.8, 4) is 5.75 Å². The van der Waals surface area contributed by atoms with E-state index in [1.807, 2.05) is 0 Å². The van der Waals surface area contributed by atoms with E-state index in [1.165, 1.54) is 6.07 Å². The second-order valence-electron chi connectivity index (χ2n) is 4.82. The lowest BCUT2D eigenvalue weighted by atomic mass is 10.3. The number of aromatic hydroxyl groups is 1. The summed E-state index contributed by atoms with van der Waals surface area (Å²) in [6, 6.07) is 3.15. The summed E-state index contributed by atoms with van der Waals surface area (Å²) in [6.45, 7) is 4.20. The highest BCUT2D eigenvalue weighted by Gasteiger charge is 2.21. The Balaban J connectivity index is 2.02. The molecule has 20 heavy (non-hydrogen) atoms. The van der Waals surface area contributed by atoms with Crippen LogP contribution in [0.5, 0.6) is 5.75 Å². The minimum Gasteiger partial charge on any atom is -0.506 e. The first-order valence-electron chi connectivity index (χ1n) is 6.52. The molecule has 106 valence electrons. The molecule has 1 saturated heterocycles. The quantitative estimate of drug-likeness (QED) is 0.739. The van der Waals surface area contributed by atoms with Crippen LogP contribution in [-0.4, -0.2) is 56.6 Å². The van der Waals surface area contributed by atoms with Crippen molar-refractivity contribution in [3.05, 3.63) is 29.8 Å². The van der Waals surface area contributed by atoms with Crippen LogP contribution < -0.4 is 5.32 Å². The van der Waals surface area contributed by atoms with Crippen molar-refractivity contribution in [3.63, 3.8) is 0 Å². The number of piperazine rings is 1. The molecule has 0 saturated carbocycles. The average Bonchev–Trinajstić information content (AvgIpc) is 2.81. The van der Waals surface area contributed by atoms with E-state index in [-0.39, 0.29) is 17.0 Å². The molecule has 0 spiro atoms. The van der Waals surface area contributed by atoms with Gasteiger partial charge in [0.05, 0.1) is 6.54 Å². The number of fused-ring (bicyclic) bond motifs is 1. The number of carboxylic acid groups (broad SMARTS) is 1. The van der Waals surface area contributed by atoms with Crippen LogP contribution in [0.1, 0.15) is 16.3 Å². The van der Waals surface area contributed by atoms with Gasteiger partial charge in [0, 0.05) is 32.4 Å². The summed E-state index contributed by atoms with van der Waals surface area (Å²) in [6.07, 6.45) is 1.73.